The van der Waals surface area contributed by atoms with Crippen LogP contribution in [0.15, 0.2) is 42.5 Å². The van der Waals surface area contributed by atoms with Gasteiger partial charge in [0.05, 0.1) is 23.5 Å². The third-order valence-corrected chi connectivity index (χ3v) is 5.56. The lowest BCUT2D eigenvalue weighted by Gasteiger charge is -2.39. The number of carbonyl (C=O) groups excluding carboxylic acids is 1. The van der Waals surface area contributed by atoms with Crippen LogP contribution < -0.4 is 10.6 Å². The molecule has 6 heteroatoms. The fourth-order valence-electron chi connectivity index (χ4n) is 3.90. The van der Waals surface area contributed by atoms with Gasteiger partial charge in [-0.2, -0.15) is 0 Å². The van der Waals surface area contributed by atoms with Gasteiger partial charge in [0.2, 0.25) is 5.91 Å². The average molecular weight is 369 g/mol. The first-order valence-corrected chi connectivity index (χ1v) is 9.09. The number of hydrogen-bond donors (Lipinski definition) is 1. The summed E-state index contributed by atoms with van der Waals surface area (Å²) < 4.78 is 2.10. The number of fused-ring (bicyclic) bond motifs is 2. The summed E-state index contributed by atoms with van der Waals surface area (Å²) in [6.45, 7) is 2.79. The average Bonchev–Trinajstić information content (AvgIpc) is 2.92. The van der Waals surface area contributed by atoms with E-state index >= 15 is 0 Å². The Labute approximate surface area is 157 Å². The van der Waals surface area contributed by atoms with Gasteiger partial charge in [-0.25, -0.2) is 4.98 Å². The number of nitrogens with two attached hydrogens (primary N) is 1. The summed E-state index contributed by atoms with van der Waals surface area (Å²) in [6, 6.07) is 14.0. The van der Waals surface area contributed by atoms with Crippen molar-refractivity contribution in [2.75, 3.05) is 4.90 Å². The highest BCUT2D eigenvalue weighted by Crippen LogP contribution is 2.39. The quantitative estimate of drug-likeness (QED) is 0.768. The molecule has 1 aliphatic rings. The Morgan fingerprint density at radius 1 is 1.31 bits per heavy atom. The molecule has 2 aromatic carbocycles. The lowest BCUT2D eigenvalue weighted by molar-refractivity contribution is -0.119. The molecule has 4 rings (SSSR count). The van der Waals surface area contributed by atoms with Crippen molar-refractivity contribution in [1.82, 2.24) is 9.55 Å². The fourth-order valence-corrected chi connectivity index (χ4v) is 4.07. The summed E-state index contributed by atoms with van der Waals surface area (Å²) in [5, 5.41) is 0.683. The van der Waals surface area contributed by atoms with Crippen LogP contribution in [0.3, 0.4) is 0 Å². The molecule has 0 saturated heterocycles. The fraction of sp³-hybridized carbons (Fsp3) is 0.300. The number of benzene rings is 2. The smallest absolute Gasteiger partial charge is 0.225 e. The van der Waals surface area contributed by atoms with Gasteiger partial charge < -0.3 is 15.2 Å². The molecule has 0 unspecified atom stereocenters. The van der Waals surface area contributed by atoms with E-state index in [9.17, 15) is 4.79 Å². The summed E-state index contributed by atoms with van der Waals surface area (Å²) in [5.41, 5.74) is 9.65. The molecule has 1 aliphatic heterocycles. The van der Waals surface area contributed by atoms with Crippen LogP contribution in [0, 0.1) is 0 Å². The van der Waals surface area contributed by atoms with E-state index in [4.69, 9.17) is 22.3 Å². The first-order valence-electron chi connectivity index (χ1n) is 8.71. The highest BCUT2D eigenvalue weighted by molar-refractivity contribution is 6.31. The van der Waals surface area contributed by atoms with Gasteiger partial charge in [0.25, 0.3) is 0 Å². The summed E-state index contributed by atoms with van der Waals surface area (Å²) in [4.78, 5) is 19.0. The van der Waals surface area contributed by atoms with Crippen LogP contribution in [-0.2, 0) is 18.4 Å². The third-order valence-electron chi connectivity index (χ3n) is 5.32. The number of nitrogens with zero attached hydrogens (tertiary/aromatic N) is 3. The number of aromatic nitrogens is 2. The number of primary amides is 1. The molecule has 2 N–H and O–H groups in total. The zero-order chi connectivity index (χ0) is 18.4. The van der Waals surface area contributed by atoms with Crippen molar-refractivity contribution >= 4 is 34.2 Å². The van der Waals surface area contributed by atoms with E-state index in [-0.39, 0.29) is 17.9 Å². The van der Waals surface area contributed by atoms with Gasteiger partial charge in [0.1, 0.15) is 5.82 Å². The Morgan fingerprint density at radius 2 is 2.08 bits per heavy atom. The predicted octanol–water partition coefficient (Wildman–Crippen LogP) is 3.59. The van der Waals surface area contributed by atoms with Crippen molar-refractivity contribution in [3.05, 3.63) is 58.9 Å². The van der Waals surface area contributed by atoms with Crippen molar-refractivity contribution < 1.29 is 4.79 Å². The van der Waals surface area contributed by atoms with Crippen LogP contribution in [0.25, 0.3) is 11.0 Å². The number of carbonyl (C=O) groups is 1. The Bertz CT molecular complexity index is 997. The first kappa shape index (κ1) is 16.9. The predicted molar refractivity (Wildman–Crippen MR) is 104 cm³/mol. The Balaban J connectivity index is 1.75. The van der Waals surface area contributed by atoms with Crippen LogP contribution >= 0.6 is 11.6 Å². The van der Waals surface area contributed by atoms with E-state index in [1.54, 1.807) is 0 Å². The number of anilines is 1. The lowest BCUT2D eigenvalue weighted by atomic mass is 9.85. The maximum absolute atomic E-state index is 11.9. The number of halogens is 1. The van der Waals surface area contributed by atoms with Gasteiger partial charge in [0.15, 0.2) is 0 Å². The largest absolute Gasteiger partial charge is 0.369 e. The Hall–Kier alpha value is -2.53. The lowest BCUT2D eigenvalue weighted by Crippen LogP contribution is -2.41. The van der Waals surface area contributed by atoms with Crippen molar-refractivity contribution in [2.24, 2.45) is 12.8 Å². The normalized spacial score (nSPS) is 19.6. The second kappa shape index (κ2) is 6.32. The molecular weight excluding hydrogens is 348 g/mol. The Morgan fingerprint density at radius 3 is 2.85 bits per heavy atom. The van der Waals surface area contributed by atoms with Crippen LogP contribution in [0.1, 0.15) is 30.7 Å². The molecule has 0 radical (unpaired) electrons. The second-order valence-corrected chi connectivity index (χ2v) is 7.38. The molecule has 2 heterocycles. The molecule has 0 saturated carbocycles. The number of rotatable bonds is 3. The van der Waals surface area contributed by atoms with Crippen LogP contribution in [-0.4, -0.2) is 21.5 Å². The standard InChI is InChI=1S/C20H21ClN4O/c1-12-9-15(20(22)26)14-5-3-4-6-17(14)25(12)11-19-23-16-10-13(21)7-8-18(16)24(19)2/h3-8,10,12,15H,9,11H2,1-2H3,(H2,22,26)/t12-,15+/m1/s1. The van der Waals surface area contributed by atoms with Gasteiger partial charge in [-0.1, -0.05) is 29.8 Å². The third kappa shape index (κ3) is 2.72. The maximum Gasteiger partial charge on any atom is 0.225 e. The molecule has 134 valence electrons. The molecule has 26 heavy (non-hydrogen) atoms. The monoisotopic (exact) mass is 368 g/mol. The zero-order valence-electron chi connectivity index (χ0n) is 14.8. The van der Waals surface area contributed by atoms with E-state index in [2.05, 4.69) is 22.5 Å². The van der Waals surface area contributed by atoms with Gasteiger partial charge in [-0.05, 0) is 43.2 Å². The number of aryl methyl sites for hydroxylation is 1. The van der Waals surface area contributed by atoms with Crippen LogP contribution in [0.4, 0.5) is 5.69 Å². The van der Waals surface area contributed by atoms with Gasteiger partial charge >= 0.3 is 0 Å². The van der Waals surface area contributed by atoms with E-state index in [1.807, 2.05) is 43.4 Å². The minimum absolute atomic E-state index is 0.186. The molecule has 3 aromatic rings. The zero-order valence-corrected chi connectivity index (χ0v) is 15.6. The van der Waals surface area contributed by atoms with Crippen molar-refractivity contribution in [1.29, 1.82) is 0 Å². The molecule has 2 atom stereocenters. The minimum Gasteiger partial charge on any atom is -0.369 e. The van der Waals surface area contributed by atoms with Crippen molar-refractivity contribution in [3.8, 4) is 0 Å². The molecule has 0 aliphatic carbocycles. The summed E-state index contributed by atoms with van der Waals surface area (Å²) in [6.07, 6.45) is 0.710. The molecular formula is C20H21ClN4O. The molecule has 1 aromatic heterocycles. The van der Waals surface area contributed by atoms with Crippen LogP contribution in [0.2, 0.25) is 5.02 Å². The van der Waals surface area contributed by atoms with Gasteiger partial charge in [-0.15, -0.1) is 0 Å². The molecule has 0 spiro atoms. The van der Waals surface area contributed by atoms with Crippen molar-refractivity contribution in [2.45, 2.75) is 31.8 Å². The van der Waals surface area contributed by atoms with Gasteiger partial charge in [-0.3, -0.25) is 4.79 Å². The van der Waals surface area contributed by atoms with Crippen LogP contribution in [0.5, 0.6) is 0 Å². The van der Waals surface area contributed by atoms with Gasteiger partial charge in [0, 0.05) is 23.8 Å². The summed E-state index contributed by atoms with van der Waals surface area (Å²) in [5.74, 6) is 0.458. The SMILES string of the molecule is C[C@@H]1C[C@H](C(N)=O)c2ccccc2N1Cc1nc2cc(Cl)ccc2n1C. The molecule has 5 nitrogen and oxygen atoms in total. The van der Waals surface area contributed by atoms with Crippen molar-refractivity contribution in [3.63, 3.8) is 0 Å². The topological polar surface area (TPSA) is 64.2 Å². The maximum atomic E-state index is 11.9. The number of imidazole rings is 1. The number of para-hydroxylation sites is 1. The molecule has 0 fully saturated rings. The number of hydrogen-bond acceptors (Lipinski definition) is 3. The van der Waals surface area contributed by atoms with E-state index in [1.165, 1.54) is 0 Å². The molecule has 0 bridgehead atoms. The Kier molecular flexibility index (Phi) is 4.11. The second-order valence-electron chi connectivity index (χ2n) is 6.95. The molecule has 1 amide bonds. The summed E-state index contributed by atoms with van der Waals surface area (Å²) in [7, 11) is 2.02. The first-order chi connectivity index (χ1) is 12.5. The highest BCUT2D eigenvalue weighted by Gasteiger charge is 2.33. The van der Waals surface area contributed by atoms with E-state index in [0.717, 1.165) is 28.1 Å². The number of amides is 1. The van der Waals surface area contributed by atoms with E-state index in [0.29, 0.717) is 18.0 Å². The highest BCUT2D eigenvalue weighted by atomic mass is 35.5. The van der Waals surface area contributed by atoms with E-state index < -0.39 is 0 Å². The summed E-state index contributed by atoms with van der Waals surface area (Å²) >= 11 is 6.10. The minimum atomic E-state index is -0.263.